The quantitative estimate of drug-likeness (QED) is 0.719. The van der Waals surface area contributed by atoms with Gasteiger partial charge in [-0.25, -0.2) is 4.68 Å². The van der Waals surface area contributed by atoms with Crippen LogP contribution in [0.2, 0.25) is 0 Å². The minimum Gasteiger partial charge on any atom is -0.490 e. The van der Waals surface area contributed by atoms with Gasteiger partial charge in [0.1, 0.15) is 18.9 Å². The average Bonchev–Trinajstić information content (AvgIpc) is 2.19. The van der Waals surface area contributed by atoms with Gasteiger partial charge in [0.15, 0.2) is 0 Å². The Labute approximate surface area is 86.9 Å². The van der Waals surface area contributed by atoms with E-state index in [1.54, 1.807) is 6.92 Å². The zero-order valence-electron chi connectivity index (χ0n) is 8.38. The first-order chi connectivity index (χ1) is 7.13. The summed E-state index contributed by atoms with van der Waals surface area (Å²) in [4.78, 5) is 11.3. The third-order valence-electron chi connectivity index (χ3n) is 1.58. The van der Waals surface area contributed by atoms with Crippen molar-refractivity contribution < 1.29 is 4.74 Å². The van der Waals surface area contributed by atoms with Crippen LogP contribution in [0.25, 0.3) is 0 Å². The molecule has 0 aliphatic rings. The van der Waals surface area contributed by atoms with Gasteiger partial charge < -0.3 is 10.5 Å². The van der Waals surface area contributed by atoms with Crippen LogP contribution < -0.4 is 16.0 Å². The molecule has 0 saturated heterocycles. The summed E-state index contributed by atoms with van der Waals surface area (Å²) in [7, 11) is 0. The monoisotopic (exact) mass is 208 g/mol. The fraction of sp³-hybridized carbons (Fsp3) is 0.444. The van der Waals surface area contributed by atoms with Gasteiger partial charge in [-0.3, -0.25) is 4.79 Å². The lowest BCUT2D eigenvalue weighted by atomic mass is 10.4. The van der Waals surface area contributed by atoms with Crippen molar-refractivity contribution in [3.05, 3.63) is 22.6 Å². The molecule has 1 heterocycles. The number of nitrogens with zero attached hydrogens (tertiary/aromatic N) is 3. The van der Waals surface area contributed by atoms with Crippen LogP contribution in [0.1, 0.15) is 6.92 Å². The number of nitrogens with two attached hydrogens (primary N) is 1. The van der Waals surface area contributed by atoms with Crippen molar-refractivity contribution in [3.63, 3.8) is 0 Å². The van der Waals surface area contributed by atoms with Crippen LogP contribution in [-0.4, -0.2) is 22.4 Å². The highest BCUT2D eigenvalue weighted by Crippen LogP contribution is 2.03. The van der Waals surface area contributed by atoms with Crippen LogP contribution in [0.4, 0.5) is 0 Å². The summed E-state index contributed by atoms with van der Waals surface area (Å²) in [6.45, 7) is 2.06. The van der Waals surface area contributed by atoms with Crippen molar-refractivity contribution >= 4 is 0 Å². The van der Waals surface area contributed by atoms with Crippen LogP contribution in [0, 0.1) is 11.3 Å². The highest BCUT2D eigenvalue weighted by molar-refractivity contribution is 5.13. The summed E-state index contributed by atoms with van der Waals surface area (Å²) in [6.07, 6.45) is 1.39. The predicted octanol–water partition coefficient (Wildman–Crippen LogP) is -0.507. The predicted molar refractivity (Wildman–Crippen MR) is 53.3 cm³/mol. The van der Waals surface area contributed by atoms with Crippen LogP contribution in [0.3, 0.4) is 0 Å². The lowest BCUT2D eigenvalue weighted by Gasteiger charge is -2.08. The number of ether oxygens (including phenoxy) is 1. The second-order valence-electron chi connectivity index (χ2n) is 3.13. The van der Waals surface area contributed by atoms with Crippen molar-refractivity contribution in [2.24, 2.45) is 5.73 Å². The van der Waals surface area contributed by atoms with E-state index in [0.29, 0.717) is 12.4 Å². The molecule has 15 heavy (non-hydrogen) atoms. The Hall–Kier alpha value is -1.87. The van der Waals surface area contributed by atoms with E-state index in [2.05, 4.69) is 5.10 Å². The average molecular weight is 208 g/mol. The molecule has 2 N–H and O–H groups in total. The van der Waals surface area contributed by atoms with Crippen LogP contribution in [0.5, 0.6) is 5.75 Å². The molecule has 1 atom stereocenters. The molecule has 1 rings (SSSR count). The number of aromatic nitrogens is 2. The van der Waals surface area contributed by atoms with Gasteiger partial charge in [-0.2, -0.15) is 10.4 Å². The summed E-state index contributed by atoms with van der Waals surface area (Å²) in [5, 5.41) is 12.2. The minimum atomic E-state index is -0.362. The summed E-state index contributed by atoms with van der Waals surface area (Å²) in [5.41, 5.74) is 5.12. The number of hydrogen-bond acceptors (Lipinski definition) is 5. The molecule has 1 aromatic rings. The fourth-order valence-electron chi connectivity index (χ4n) is 0.909. The zero-order chi connectivity index (χ0) is 11.3. The summed E-state index contributed by atoms with van der Waals surface area (Å²) in [6, 6.07) is 3.01. The molecule has 0 amide bonds. The van der Waals surface area contributed by atoms with Gasteiger partial charge in [-0.1, -0.05) is 0 Å². The van der Waals surface area contributed by atoms with Gasteiger partial charge in [0.05, 0.1) is 12.3 Å². The Balaban J connectivity index is 2.74. The van der Waals surface area contributed by atoms with Gasteiger partial charge in [0.2, 0.25) is 0 Å². The Kier molecular flexibility index (Phi) is 3.83. The third-order valence-corrected chi connectivity index (χ3v) is 1.58. The van der Waals surface area contributed by atoms with Gasteiger partial charge in [0, 0.05) is 12.1 Å². The maximum atomic E-state index is 11.3. The van der Waals surface area contributed by atoms with E-state index in [1.165, 1.54) is 12.3 Å². The Morgan fingerprint density at radius 2 is 2.53 bits per heavy atom. The van der Waals surface area contributed by atoms with E-state index >= 15 is 0 Å². The van der Waals surface area contributed by atoms with E-state index < -0.39 is 0 Å². The molecule has 0 saturated carbocycles. The van der Waals surface area contributed by atoms with Crippen molar-refractivity contribution in [2.45, 2.75) is 19.5 Å². The molecule has 0 radical (unpaired) electrons. The van der Waals surface area contributed by atoms with Gasteiger partial charge >= 0.3 is 0 Å². The molecule has 0 bridgehead atoms. The number of rotatable bonds is 4. The van der Waals surface area contributed by atoms with Crippen LogP contribution >= 0.6 is 0 Å². The molecule has 0 aromatic carbocycles. The summed E-state index contributed by atoms with van der Waals surface area (Å²) >= 11 is 0. The first-order valence-electron chi connectivity index (χ1n) is 4.46. The Morgan fingerprint density at radius 1 is 1.80 bits per heavy atom. The first-order valence-corrected chi connectivity index (χ1v) is 4.46. The third kappa shape index (κ3) is 3.40. The highest BCUT2D eigenvalue weighted by Gasteiger charge is 2.01. The van der Waals surface area contributed by atoms with E-state index in [0.717, 1.165) is 4.68 Å². The van der Waals surface area contributed by atoms with Crippen molar-refractivity contribution in [1.29, 1.82) is 5.26 Å². The topological polar surface area (TPSA) is 93.9 Å². The minimum absolute atomic E-state index is 0.0631. The second-order valence-corrected chi connectivity index (χ2v) is 3.13. The molecule has 6 heteroatoms. The summed E-state index contributed by atoms with van der Waals surface area (Å²) in [5.74, 6) is 0.367. The molecule has 6 nitrogen and oxygen atoms in total. The molecule has 0 aliphatic heterocycles. The zero-order valence-corrected chi connectivity index (χ0v) is 8.38. The largest absolute Gasteiger partial charge is 0.490 e. The number of hydrogen-bond donors (Lipinski definition) is 1. The molecular formula is C9H12N4O2. The smallest absolute Gasteiger partial charge is 0.271 e. The van der Waals surface area contributed by atoms with Crippen molar-refractivity contribution in [3.8, 4) is 11.8 Å². The van der Waals surface area contributed by atoms with E-state index in [9.17, 15) is 4.79 Å². The normalized spacial score (nSPS) is 11.8. The van der Waals surface area contributed by atoms with Crippen LogP contribution in [-0.2, 0) is 6.54 Å². The molecule has 1 aromatic heterocycles. The Morgan fingerprint density at radius 3 is 3.07 bits per heavy atom. The van der Waals surface area contributed by atoms with Gasteiger partial charge in [-0.05, 0) is 6.92 Å². The maximum Gasteiger partial charge on any atom is 0.271 e. The number of nitriles is 1. The highest BCUT2D eigenvalue weighted by atomic mass is 16.5. The molecule has 80 valence electrons. The lowest BCUT2D eigenvalue weighted by molar-refractivity contribution is 0.293. The standard InChI is InChI=1S/C9H12N4O2/c1-7(11)6-15-8-4-9(14)13(3-2-10)12-5-8/h4-5,7H,3,6,11H2,1H3. The van der Waals surface area contributed by atoms with Crippen LogP contribution in [0.15, 0.2) is 17.1 Å². The Bertz CT molecular complexity index is 419. The molecule has 0 fully saturated rings. The SMILES string of the molecule is CC(N)COc1cnn(CC#N)c(=O)c1. The van der Waals surface area contributed by atoms with Gasteiger partial charge in [-0.15, -0.1) is 0 Å². The second kappa shape index (κ2) is 5.12. The molecule has 1 unspecified atom stereocenters. The van der Waals surface area contributed by atoms with Crippen molar-refractivity contribution in [1.82, 2.24) is 9.78 Å². The first kappa shape index (κ1) is 11.2. The van der Waals surface area contributed by atoms with E-state index in [-0.39, 0.29) is 18.1 Å². The molecular weight excluding hydrogens is 196 g/mol. The molecule has 0 spiro atoms. The van der Waals surface area contributed by atoms with Gasteiger partial charge in [0.25, 0.3) is 5.56 Å². The van der Waals surface area contributed by atoms with E-state index in [4.69, 9.17) is 15.7 Å². The van der Waals surface area contributed by atoms with Crippen molar-refractivity contribution in [2.75, 3.05) is 6.61 Å². The maximum absolute atomic E-state index is 11.3. The summed E-state index contributed by atoms with van der Waals surface area (Å²) < 4.78 is 6.25. The molecule has 0 aliphatic carbocycles. The lowest BCUT2D eigenvalue weighted by Crippen LogP contribution is -2.25. The van der Waals surface area contributed by atoms with E-state index in [1.807, 2.05) is 6.07 Å². The fourth-order valence-corrected chi connectivity index (χ4v) is 0.909.